The molecule has 0 saturated heterocycles. The molecule has 35 heavy (non-hydrogen) atoms. The van der Waals surface area contributed by atoms with Crippen molar-refractivity contribution in [2.45, 2.75) is 37.3 Å². The maximum Gasteiger partial charge on any atom is 0.255 e. The third-order valence-electron chi connectivity index (χ3n) is 5.54. The minimum absolute atomic E-state index is 0.00433. The van der Waals surface area contributed by atoms with Crippen molar-refractivity contribution < 1.29 is 23.4 Å². The second-order valence-electron chi connectivity index (χ2n) is 8.28. The van der Waals surface area contributed by atoms with E-state index < -0.39 is 21.8 Å². The number of hydrogen-bond acceptors (Lipinski definition) is 8. The average molecular weight is 499 g/mol. The summed E-state index contributed by atoms with van der Waals surface area (Å²) < 4.78 is 24.3. The Hall–Kier alpha value is -3.47. The number of hydrogen-bond donors (Lipinski definition) is 5. The quantitative estimate of drug-likeness (QED) is 0.267. The first kappa shape index (κ1) is 26.1. The number of anilines is 2. The smallest absolute Gasteiger partial charge is 0.255 e. The molecule has 10 heteroatoms. The first-order valence-electron chi connectivity index (χ1n) is 11.2. The maximum absolute atomic E-state index is 12.8. The molecule has 2 atom stereocenters. The van der Waals surface area contributed by atoms with Gasteiger partial charge in [-0.2, -0.15) is 0 Å². The summed E-state index contributed by atoms with van der Waals surface area (Å²) in [5, 5.41) is 26.3. The monoisotopic (exact) mass is 498 g/mol. The van der Waals surface area contributed by atoms with E-state index in [1.807, 2.05) is 13.0 Å². The van der Waals surface area contributed by atoms with Crippen molar-refractivity contribution in [3.63, 3.8) is 0 Å². The number of sulfone groups is 1. The summed E-state index contributed by atoms with van der Waals surface area (Å²) in [5.74, 6) is -0.398. The minimum Gasteiger partial charge on any atom is -0.506 e. The molecular weight excluding hydrogens is 468 g/mol. The molecule has 0 unspecified atom stereocenters. The Morgan fingerprint density at radius 3 is 2.60 bits per heavy atom. The minimum atomic E-state index is -3.49. The van der Waals surface area contributed by atoms with Gasteiger partial charge in [0.15, 0.2) is 9.84 Å². The molecule has 0 aliphatic heterocycles. The Morgan fingerprint density at radius 1 is 1.14 bits per heavy atom. The van der Waals surface area contributed by atoms with Crippen LogP contribution in [0.2, 0.25) is 0 Å². The molecule has 0 bridgehead atoms. The fourth-order valence-corrected chi connectivity index (χ4v) is 4.39. The van der Waals surface area contributed by atoms with Gasteiger partial charge in [-0.1, -0.05) is 25.1 Å². The third kappa shape index (κ3) is 7.01. The molecule has 0 radical (unpaired) electrons. The molecule has 9 nitrogen and oxygen atoms in total. The number of carbonyl (C=O) groups is 1. The Kier molecular flexibility index (Phi) is 8.44. The van der Waals surface area contributed by atoms with Crippen molar-refractivity contribution in [2.24, 2.45) is 0 Å². The lowest BCUT2D eigenvalue weighted by molar-refractivity contribution is 0.102. The molecule has 3 aromatic rings. The molecule has 1 amide bonds. The number of amides is 1. The zero-order valence-corrected chi connectivity index (χ0v) is 20.4. The average Bonchev–Trinajstić information content (AvgIpc) is 2.84. The van der Waals surface area contributed by atoms with Gasteiger partial charge in [0, 0.05) is 29.9 Å². The first-order chi connectivity index (χ1) is 16.6. The van der Waals surface area contributed by atoms with Crippen molar-refractivity contribution in [3.05, 3.63) is 77.5 Å². The molecule has 6 N–H and O–H groups in total. The molecule has 1 heterocycles. The number of aliphatic hydroxyl groups excluding tert-OH is 1. The Labute approximate surface area is 204 Å². The first-order valence-corrected chi connectivity index (χ1v) is 12.8. The van der Waals surface area contributed by atoms with E-state index in [9.17, 15) is 23.4 Å². The summed E-state index contributed by atoms with van der Waals surface area (Å²) in [7, 11) is -3.49. The van der Waals surface area contributed by atoms with E-state index in [-0.39, 0.29) is 28.1 Å². The second-order valence-corrected chi connectivity index (χ2v) is 10.6. The summed E-state index contributed by atoms with van der Waals surface area (Å²) in [5.41, 5.74) is 7.53. The fraction of sp³-hybridized carbons (Fsp3) is 0.280. The Balaban J connectivity index is 1.63. The van der Waals surface area contributed by atoms with Crippen molar-refractivity contribution in [2.75, 3.05) is 23.3 Å². The van der Waals surface area contributed by atoms with Crippen LogP contribution in [0.5, 0.6) is 5.75 Å². The number of carbonyl (C=O) groups excluding carboxylic acids is 1. The van der Waals surface area contributed by atoms with Crippen LogP contribution in [0.25, 0.3) is 0 Å². The highest BCUT2D eigenvalue weighted by Gasteiger charge is 2.17. The number of nitrogens with two attached hydrogens (primary N) is 1. The van der Waals surface area contributed by atoms with Gasteiger partial charge in [0.25, 0.3) is 5.91 Å². The van der Waals surface area contributed by atoms with Crippen LogP contribution in [0, 0.1) is 0 Å². The predicted octanol–water partition coefficient (Wildman–Crippen LogP) is 2.67. The third-order valence-corrected chi connectivity index (χ3v) is 7.27. The lowest BCUT2D eigenvalue weighted by atomic mass is 10.0. The predicted molar refractivity (Wildman–Crippen MR) is 135 cm³/mol. The van der Waals surface area contributed by atoms with Gasteiger partial charge < -0.3 is 26.6 Å². The lowest BCUT2D eigenvalue weighted by Gasteiger charge is -2.18. The highest BCUT2D eigenvalue weighted by molar-refractivity contribution is 7.91. The lowest BCUT2D eigenvalue weighted by Crippen LogP contribution is -2.32. The summed E-state index contributed by atoms with van der Waals surface area (Å²) >= 11 is 0. The van der Waals surface area contributed by atoms with Crippen molar-refractivity contribution in [3.8, 4) is 5.75 Å². The van der Waals surface area contributed by atoms with E-state index in [0.717, 1.165) is 5.56 Å². The van der Waals surface area contributed by atoms with E-state index in [4.69, 9.17) is 5.73 Å². The molecule has 0 spiro atoms. The normalized spacial score (nSPS) is 13.2. The molecule has 186 valence electrons. The summed E-state index contributed by atoms with van der Waals surface area (Å²) in [6.45, 7) is 3.82. The second kappa shape index (κ2) is 11.3. The molecule has 0 fully saturated rings. The van der Waals surface area contributed by atoms with E-state index in [2.05, 4.69) is 15.6 Å². The van der Waals surface area contributed by atoms with Gasteiger partial charge in [0.05, 0.1) is 22.4 Å². The molecule has 0 aliphatic carbocycles. The van der Waals surface area contributed by atoms with Crippen molar-refractivity contribution >= 4 is 27.2 Å². The van der Waals surface area contributed by atoms with Crippen LogP contribution >= 0.6 is 0 Å². The van der Waals surface area contributed by atoms with Gasteiger partial charge in [0.1, 0.15) is 11.6 Å². The van der Waals surface area contributed by atoms with Crippen molar-refractivity contribution in [1.29, 1.82) is 0 Å². The van der Waals surface area contributed by atoms with Crippen LogP contribution in [0.4, 0.5) is 11.5 Å². The standard InChI is InChI=1S/C25H30N4O5S/c1-3-35(33,34)20-8-9-22(30)21(13-20)29-25(32)18-6-4-5-17(12-18)11-16(2)27-15-23(31)19-7-10-24(26)28-14-19/h4-10,12-14,16,23,27,30-31H,3,11,15H2,1-2H3,(H2,26,28)(H,29,32)/t16-,23+/m1/s1. The molecule has 3 rings (SSSR count). The molecular formula is C25H30N4O5S. The molecule has 0 aliphatic rings. The highest BCUT2D eigenvalue weighted by atomic mass is 32.2. The number of aromatic hydroxyl groups is 1. The van der Waals surface area contributed by atoms with Gasteiger partial charge in [-0.15, -0.1) is 0 Å². The number of pyridine rings is 1. The Bertz CT molecular complexity index is 1280. The van der Waals surface area contributed by atoms with Gasteiger partial charge in [-0.25, -0.2) is 13.4 Å². The number of nitrogens with one attached hydrogen (secondary N) is 2. The molecule has 1 aromatic heterocycles. The van der Waals surface area contributed by atoms with E-state index in [1.165, 1.54) is 25.1 Å². The maximum atomic E-state index is 12.8. The largest absolute Gasteiger partial charge is 0.506 e. The number of phenols is 1. The number of benzene rings is 2. The van der Waals surface area contributed by atoms with E-state index in [1.54, 1.807) is 36.5 Å². The van der Waals surface area contributed by atoms with Crippen LogP contribution in [0.15, 0.2) is 65.7 Å². The number of aromatic nitrogens is 1. The van der Waals surface area contributed by atoms with Crippen LogP contribution < -0.4 is 16.4 Å². The zero-order chi connectivity index (χ0) is 25.6. The van der Waals surface area contributed by atoms with Gasteiger partial charge in [0.2, 0.25) is 0 Å². The van der Waals surface area contributed by atoms with Crippen molar-refractivity contribution in [1.82, 2.24) is 10.3 Å². The summed E-state index contributed by atoms with van der Waals surface area (Å²) in [6, 6.07) is 14.2. The number of nitrogen functional groups attached to an aromatic ring is 1. The number of aliphatic hydroxyl groups is 1. The molecule has 0 saturated carbocycles. The topological polar surface area (TPSA) is 155 Å². The van der Waals surface area contributed by atoms with E-state index in [0.29, 0.717) is 29.9 Å². The zero-order valence-electron chi connectivity index (χ0n) is 19.6. The van der Waals surface area contributed by atoms with Gasteiger partial charge in [-0.3, -0.25) is 4.79 Å². The number of nitrogens with zero attached hydrogens (tertiary/aromatic N) is 1. The van der Waals surface area contributed by atoms with E-state index >= 15 is 0 Å². The van der Waals surface area contributed by atoms with Crippen LogP contribution in [-0.2, 0) is 16.3 Å². The van der Waals surface area contributed by atoms with Crippen LogP contribution in [0.1, 0.15) is 41.4 Å². The molecule has 2 aromatic carbocycles. The SMILES string of the molecule is CCS(=O)(=O)c1ccc(O)c(NC(=O)c2cccc(C[C@@H](C)NC[C@H](O)c3ccc(N)nc3)c2)c1. The number of rotatable bonds is 10. The van der Waals surface area contributed by atoms with Crippen LogP contribution in [0.3, 0.4) is 0 Å². The number of phenolic OH excluding ortho intramolecular Hbond substituents is 1. The van der Waals surface area contributed by atoms with Gasteiger partial charge in [-0.05, 0) is 55.3 Å². The fourth-order valence-electron chi connectivity index (χ4n) is 3.48. The Morgan fingerprint density at radius 2 is 1.91 bits per heavy atom. The van der Waals surface area contributed by atoms with Gasteiger partial charge >= 0.3 is 0 Å². The summed E-state index contributed by atoms with van der Waals surface area (Å²) in [6.07, 6.45) is 1.41. The summed E-state index contributed by atoms with van der Waals surface area (Å²) in [4.78, 5) is 16.8. The highest BCUT2D eigenvalue weighted by Crippen LogP contribution is 2.27. The van der Waals surface area contributed by atoms with Crippen LogP contribution in [-0.4, -0.2) is 47.9 Å².